The normalized spacial score (nSPS) is 17.1. The maximum atomic E-state index is 12.4. The van der Waals surface area contributed by atoms with Crippen molar-refractivity contribution in [3.05, 3.63) is 54.0 Å². The molecule has 176 valence electrons. The van der Waals surface area contributed by atoms with Crippen LogP contribution in [0.3, 0.4) is 0 Å². The van der Waals surface area contributed by atoms with Crippen LogP contribution in [0.2, 0.25) is 0 Å². The molecular formula is C25H30N8O. The molecule has 9 nitrogen and oxygen atoms in total. The summed E-state index contributed by atoms with van der Waals surface area (Å²) in [6.07, 6.45) is 8.45. The highest BCUT2D eigenvalue weighted by Gasteiger charge is 2.19. The van der Waals surface area contributed by atoms with E-state index in [4.69, 9.17) is 10.2 Å². The smallest absolute Gasteiger partial charge is 0.252 e. The van der Waals surface area contributed by atoms with Gasteiger partial charge >= 0.3 is 0 Å². The summed E-state index contributed by atoms with van der Waals surface area (Å²) in [5, 5.41) is 19.6. The Kier molecular flexibility index (Phi) is 7.18. The Bertz CT molecular complexity index is 1180. The molecule has 9 heteroatoms. The Balaban J connectivity index is 1.47. The van der Waals surface area contributed by atoms with E-state index in [0.29, 0.717) is 24.0 Å². The Labute approximate surface area is 199 Å². The predicted molar refractivity (Wildman–Crippen MR) is 131 cm³/mol. The number of aromatic nitrogens is 4. The molecule has 0 spiro atoms. The molecule has 0 bridgehead atoms. The lowest BCUT2D eigenvalue weighted by Crippen LogP contribution is -2.33. The number of aryl methyl sites for hydroxylation is 1. The number of likely N-dealkylation sites (N-methyl/N-ethyl adjacent to an activating group) is 1. The van der Waals surface area contributed by atoms with Crippen LogP contribution in [0, 0.1) is 18.3 Å². The van der Waals surface area contributed by atoms with Crippen molar-refractivity contribution in [1.82, 2.24) is 30.0 Å². The van der Waals surface area contributed by atoms with Gasteiger partial charge in [-0.2, -0.15) is 10.4 Å². The van der Waals surface area contributed by atoms with Crippen LogP contribution >= 0.6 is 0 Å². The third-order valence-electron chi connectivity index (χ3n) is 6.09. The van der Waals surface area contributed by atoms with Crippen molar-refractivity contribution in [2.24, 2.45) is 0 Å². The molecule has 2 atom stereocenters. The lowest BCUT2D eigenvalue weighted by molar-refractivity contribution is 0.0944. The van der Waals surface area contributed by atoms with Crippen molar-refractivity contribution >= 4 is 17.5 Å². The molecular weight excluding hydrogens is 428 g/mol. The van der Waals surface area contributed by atoms with Crippen LogP contribution in [0.4, 0.5) is 11.6 Å². The van der Waals surface area contributed by atoms with Gasteiger partial charge in [-0.3, -0.25) is 9.48 Å². The van der Waals surface area contributed by atoms with Gasteiger partial charge in [0.15, 0.2) is 0 Å². The number of amides is 1. The van der Waals surface area contributed by atoms with E-state index < -0.39 is 6.04 Å². The van der Waals surface area contributed by atoms with Gasteiger partial charge in [0.25, 0.3) is 5.91 Å². The van der Waals surface area contributed by atoms with Gasteiger partial charge in [-0.05, 0) is 57.5 Å². The molecule has 4 rings (SSSR count). The minimum Gasteiger partial charge on any atom is -0.336 e. The van der Waals surface area contributed by atoms with Gasteiger partial charge < -0.3 is 15.5 Å². The average molecular weight is 459 g/mol. The number of nitrogens with zero attached hydrogens (tertiary/aromatic N) is 6. The maximum Gasteiger partial charge on any atom is 0.252 e. The first-order valence-corrected chi connectivity index (χ1v) is 11.6. The van der Waals surface area contributed by atoms with Crippen molar-refractivity contribution in [2.45, 2.75) is 45.2 Å². The average Bonchev–Trinajstić information content (AvgIpc) is 3.32. The standard InChI is InChI=1S/C25H30N8O/c1-4-20(12-26)29-24(34)19-9-7-18(8-10-19)23-17(2)13-27-25(31-23)30-21-14-28-33(15-21)22-6-5-11-32(3)16-22/h7-10,13-15,20,22H,4-6,11,16H2,1-3H3,(H,29,34)(H,27,30,31)/t20-,22?/m0/s1. The van der Waals surface area contributed by atoms with Crippen molar-refractivity contribution in [3.8, 4) is 17.3 Å². The maximum absolute atomic E-state index is 12.4. The molecule has 0 aliphatic carbocycles. The summed E-state index contributed by atoms with van der Waals surface area (Å²) in [5.74, 6) is 0.227. The van der Waals surface area contributed by atoms with Crippen molar-refractivity contribution in [1.29, 1.82) is 5.26 Å². The molecule has 1 amide bonds. The number of hydrogen-bond donors (Lipinski definition) is 2. The number of carbonyl (C=O) groups is 1. The third kappa shape index (κ3) is 5.41. The first kappa shape index (κ1) is 23.4. The van der Waals surface area contributed by atoms with Gasteiger partial charge in [-0.1, -0.05) is 19.1 Å². The summed E-state index contributed by atoms with van der Waals surface area (Å²) in [5.41, 5.74) is 3.95. The summed E-state index contributed by atoms with van der Waals surface area (Å²) in [6.45, 7) is 5.94. The second kappa shape index (κ2) is 10.4. The number of carbonyl (C=O) groups excluding carboxylic acids is 1. The van der Waals surface area contributed by atoms with Crippen molar-refractivity contribution < 1.29 is 4.79 Å². The molecule has 1 aromatic carbocycles. The van der Waals surface area contributed by atoms with Crippen LogP contribution in [-0.4, -0.2) is 56.7 Å². The number of nitriles is 1. The number of anilines is 2. The zero-order chi connectivity index (χ0) is 24.1. The van der Waals surface area contributed by atoms with Crippen LogP contribution in [-0.2, 0) is 0 Å². The van der Waals surface area contributed by atoms with Gasteiger partial charge in [0.1, 0.15) is 6.04 Å². The number of piperidine rings is 1. The van der Waals surface area contributed by atoms with Gasteiger partial charge in [0, 0.05) is 30.1 Å². The summed E-state index contributed by atoms with van der Waals surface area (Å²) >= 11 is 0. The first-order chi connectivity index (χ1) is 16.5. The highest BCUT2D eigenvalue weighted by Crippen LogP contribution is 2.25. The molecule has 1 fully saturated rings. The fraction of sp³-hybridized carbons (Fsp3) is 0.400. The summed E-state index contributed by atoms with van der Waals surface area (Å²) in [4.78, 5) is 23.8. The Morgan fingerprint density at radius 1 is 1.29 bits per heavy atom. The minimum atomic E-state index is -0.492. The van der Waals surface area contributed by atoms with E-state index in [9.17, 15) is 4.79 Å². The molecule has 0 saturated carbocycles. The van der Waals surface area contributed by atoms with Crippen molar-refractivity contribution in [2.75, 3.05) is 25.5 Å². The lowest BCUT2D eigenvalue weighted by Gasteiger charge is -2.29. The van der Waals surface area contributed by atoms with Crippen LogP contribution in [0.25, 0.3) is 11.3 Å². The van der Waals surface area contributed by atoms with Crippen LogP contribution < -0.4 is 10.6 Å². The lowest BCUT2D eigenvalue weighted by atomic mass is 10.1. The number of rotatable bonds is 7. The number of nitrogens with one attached hydrogen (secondary N) is 2. The predicted octanol–water partition coefficient (Wildman–Crippen LogP) is 3.69. The summed E-state index contributed by atoms with van der Waals surface area (Å²) in [6, 6.07) is 9.17. The van der Waals surface area contributed by atoms with E-state index in [1.54, 1.807) is 24.5 Å². The Morgan fingerprint density at radius 2 is 2.09 bits per heavy atom. The van der Waals surface area contributed by atoms with E-state index in [0.717, 1.165) is 42.0 Å². The molecule has 1 saturated heterocycles. The van der Waals surface area contributed by atoms with Gasteiger partial charge in [-0.25, -0.2) is 9.97 Å². The van der Waals surface area contributed by atoms with Gasteiger partial charge in [0.05, 0.1) is 29.7 Å². The summed E-state index contributed by atoms with van der Waals surface area (Å²) in [7, 11) is 2.14. The quantitative estimate of drug-likeness (QED) is 0.555. The van der Waals surface area contributed by atoms with Crippen LogP contribution in [0.1, 0.15) is 48.1 Å². The highest BCUT2D eigenvalue weighted by molar-refractivity contribution is 5.95. The van der Waals surface area contributed by atoms with E-state index in [-0.39, 0.29) is 5.91 Å². The molecule has 2 N–H and O–H groups in total. The number of hydrogen-bond acceptors (Lipinski definition) is 7. The molecule has 3 aromatic rings. The molecule has 0 radical (unpaired) electrons. The zero-order valence-electron chi connectivity index (χ0n) is 19.8. The topological polar surface area (TPSA) is 112 Å². The fourth-order valence-corrected chi connectivity index (χ4v) is 4.13. The first-order valence-electron chi connectivity index (χ1n) is 11.6. The Morgan fingerprint density at radius 3 is 2.79 bits per heavy atom. The highest BCUT2D eigenvalue weighted by atomic mass is 16.1. The number of likely N-dealkylation sites (tertiary alicyclic amines) is 1. The molecule has 1 aliphatic heterocycles. The fourth-order valence-electron chi connectivity index (χ4n) is 4.13. The molecule has 2 aromatic heterocycles. The number of benzene rings is 1. The largest absolute Gasteiger partial charge is 0.336 e. The molecule has 3 heterocycles. The van der Waals surface area contributed by atoms with Crippen LogP contribution in [0.15, 0.2) is 42.9 Å². The van der Waals surface area contributed by atoms with Gasteiger partial charge in [-0.15, -0.1) is 0 Å². The molecule has 1 unspecified atom stereocenters. The van der Waals surface area contributed by atoms with E-state index >= 15 is 0 Å². The summed E-state index contributed by atoms with van der Waals surface area (Å²) < 4.78 is 2.02. The van der Waals surface area contributed by atoms with E-state index in [1.165, 1.54) is 6.42 Å². The van der Waals surface area contributed by atoms with E-state index in [1.807, 2.05) is 36.9 Å². The molecule has 34 heavy (non-hydrogen) atoms. The SMILES string of the molecule is CC[C@@H](C#N)NC(=O)c1ccc(-c2nc(Nc3cnn(C4CCCN(C)C4)c3)ncc2C)cc1. The minimum absolute atomic E-state index is 0.261. The third-order valence-corrected chi connectivity index (χ3v) is 6.09. The second-order valence-corrected chi connectivity index (χ2v) is 8.76. The molecule has 1 aliphatic rings. The van der Waals surface area contributed by atoms with Crippen molar-refractivity contribution in [3.63, 3.8) is 0 Å². The van der Waals surface area contributed by atoms with Gasteiger partial charge in [0.2, 0.25) is 5.95 Å². The van der Waals surface area contributed by atoms with E-state index in [2.05, 4.69) is 38.7 Å². The second-order valence-electron chi connectivity index (χ2n) is 8.76. The zero-order valence-corrected chi connectivity index (χ0v) is 19.8. The Hall–Kier alpha value is -3.77. The monoisotopic (exact) mass is 458 g/mol. The van der Waals surface area contributed by atoms with Crippen LogP contribution in [0.5, 0.6) is 0 Å².